The van der Waals surface area contributed by atoms with Crippen molar-refractivity contribution in [2.24, 2.45) is 0 Å². The van der Waals surface area contributed by atoms with Gasteiger partial charge in [0, 0.05) is 16.3 Å². The molecule has 3 N–H and O–H groups in total. The molecule has 1 aromatic carbocycles. The SMILES string of the molecule is N#CCNC(=O)c1cc(N)cc(Cl)c1. The molecule has 0 aliphatic carbocycles. The number of nitrogens with two attached hydrogens (primary N) is 1. The van der Waals surface area contributed by atoms with Crippen molar-refractivity contribution in [3.8, 4) is 6.07 Å². The third-order valence-corrected chi connectivity index (χ3v) is 1.73. The molecule has 0 saturated carbocycles. The molecule has 5 heteroatoms. The van der Waals surface area contributed by atoms with Crippen LogP contribution in [0.4, 0.5) is 5.69 Å². The van der Waals surface area contributed by atoms with Gasteiger partial charge in [0.2, 0.25) is 0 Å². The van der Waals surface area contributed by atoms with E-state index in [0.717, 1.165) is 0 Å². The van der Waals surface area contributed by atoms with E-state index in [1.54, 1.807) is 12.1 Å². The summed E-state index contributed by atoms with van der Waals surface area (Å²) >= 11 is 5.70. The zero-order valence-corrected chi connectivity index (χ0v) is 8.01. The maximum atomic E-state index is 11.3. The van der Waals surface area contributed by atoms with E-state index in [4.69, 9.17) is 22.6 Å². The van der Waals surface area contributed by atoms with Crippen LogP contribution in [0.15, 0.2) is 18.2 Å². The largest absolute Gasteiger partial charge is 0.399 e. The molecule has 1 rings (SSSR count). The minimum absolute atomic E-state index is 0.0365. The Morgan fingerprint density at radius 2 is 2.29 bits per heavy atom. The van der Waals surface area contributed by atoms with Crippen molar-refractivity contribution < 1.29 is 4.79 Å². The summed E-state index contributed by atoms with van der Waals surface area (Å²) in [4.78, 5) is 11.3. The number of nitriles is 1. The first-order valence-corrected chi connectivity index (χ1v) is 4.22. The lowest BCUT2D eigenvalue weighted by atomic mass is 10.2. The van der Waals surface area contributed by atoms with Crippen molar-refractivity contribution in [1.29, 1.82) is 5.26 Å². The Bertz CT molecular complexity index is 377. The second-order valence-electron chi connectivity index (χ2n) is 2.61. The topological polar surface area (TPSA) is 78.9 Å². The first kappa shape index (κ1) is 10.4. The van der Waals surface area contributed by atoms with Crippen molar-refractivity contribution >= 4 is 23.2 Å². The molecular weight excluding hydrogens is 202 g/mol. The summed E-state index contributed by atoms with van der Waals surface area (Å²) in [5, 5.41) is 11.0. The number of benzene rings is 1. The Morgan fingerprint density at radius 3 is 2.86 bits per heavy atom. The van der Waals surface area contributed by atoms with Gasteiger partial charge in [-0.2, -0.15) is 5.26 Å². The van der Waals surface area contributed by atoms with E-state index in [1.807, 2.05) is 0 Å². The molecular formula is C9H8ClN3O. The lowest BCUT2D eigenvalue weighted by molar-refractivity contribution is 0.0958. The van der Waals surface area contributed by atoms with Gasteiger partial charge < -0.3 is 11.1 Å². The molecule has 0 saturated heterocycles. The van der Waals surface area contributed by atoms with Crippen LogP contribution in [0.1, 0.15) is 10.4 Å². The summed E-state index contributed by atoms with van der Waals surface area (Å²) in [6, 6.07) is 6.33. The molecule has 0 fully saturated rings. The second-order valence-corrected chi connectivity index (χ2v) is 3.05. The quantitative estimate of drug-likeness (QED) is 0.567. The predicted molar refractivity (Wildman–Crippen MR) is 53.8 cm³/mol. The minimum Gasteiger partial charge on any atom is -0.399 e. The molecule has 14 heavy (non-hydrogen) atoms. The molecule has 0 aromatic heterocycles. The number of rotatable bonds is 2. The smallest absolute Gasteiger partial charge is 0.252 e. The van der Waals surface area contributed by atoms with Gasteiger partial charge in [0.25, 0.3) is 5.91 Å². The first-order valence-electron chi connectivity index (χ1n) is 3.84. The van der Waals surface area contributed by atoms with Gasteiger partial charge in [0.05, 0.1) is 6.07 Å². The average Bonchev–Trinajstić information content (AvgIpc) is 2.12. The van der Waals surface area contributed by atoms with Gasteiger partial charge in [0.1, 0.15) is 6.54 Å². The summed E-state index contributed by atoms with van der Waals surface area (Å²) in [6.45, 7) is -0.0365. The van der Waals surface area contributed by atoms with Gasteiger partial charge in [-0.1, -0.05) is 11.6 Å². The zero-order valence-electron chi connectivity index (χ0n) is 7.25. The van der Waals surface area contributed by atoms with Crippen molar-refractivity contribution in [1.82, 2.24) is 5.32 Å². The highest BCUT2D eigenvalue weighted by Crippen LogP contribution is 2.16. The molecule has 1 amide bonds. The number of carbonyl (C=O) groups excluding carboxylic acids is 1. The van der Waals surface area contributed by atoms with Gasteiger partial charge in [-0.3, -0.25) is 4.79 Å². The van der Waals surface area contributed by atoms with E-state index in [-0.39, 0.29) is 12.5 Å². The van der Waals surface area contributed by atoms with Crippen molar-refractivity contribution in [2.45, 2.75) is 0 Å². The molecule has 0 unspecified atom stereocenters. The standard InChI is InChI=1S/C9H8ClN3O/c10-7-3-6(4-8(12)5-7)9(14)13-2-1-11/h3-5H,2,12H2,(H,13,14). The molecule has 0 bridgehead atoms. The fourth-order valence-corrected chi connectivity index (χ4v) is 1.21. The summed E-state index contributed by atoms with van der Waals surface area (Å²) in [7, 11) is 0. The van der Waals surface area contributed by atoms with Crippen LogP contribution in [0.5, 0.6) is 0 Å². The van der Waals surface area contributed by atoms with Crippen LogP contribution < -0.4 is 11.1 Å². The monoisotopic (exact) mass is 209 g/mol. The predicted octanol–water partition coefficient (Wildman–Crippen LogP) is 1.18. The number of nitrogens with one attached hydrogen (secondary N) is 1. The Morgan fingerprint density at radius 1 is 1.57 bits per heavy atom. The third kappa shape index (κ3) is 2.64. The molecule has 0 atom stereocenters. The number of halogens is 1. The van der Waals surface area contributed by atoms with Crippen LogP contribution in [-0.4, -0.2) is 12.5 Å². The number of anilines is 1. The van der Waals surface area contributed by atoms with E-state index < -0.39 is 0 Å². The Hall–Kier alpha value is -1.73. The van der Waals surface area contributed by atoms with Crippen molar-refractivity contribution in [3.05, 3.63) is 28.8 Å². The van der Waals surface area contributed by atoms with Gasteiger partial charge in [0.15, 0.2) is 0 Å². The van der Waals surface area contributed by atoms with E-state index in [1.165, 1.54) is 12.1 Å². The van der Waals surface area contributed by atoms with E-state index >= 15 is 0 Å². The first-order chi connectivity index (χ1) is 6.63. The number of hydrogen-bond donors (Lipinski definition) is 2. The van der Waals surface area contributed by atoms with Crippen molar-refractivity contribution in [2.75, 3.05) is 12.3 Å². The molecule has 4 nitrogen and oxygen atoms in total. The van der Waals surface area contributed by atoms with Gasteiger partial charge in [-0.25, -0.2) is 0 Å². The maximum absolute atomic E-state index is 11.3. The van der Waals surface area contributed by atoms with Crippen LogP contribution >= 0.6 is 11.6 Å². The molecule has 0 aliphatic rings. The Kier molecular flexibility index (Phi) is 3.32. The number of amides is 1. The third-order valence-electron chi connectivity index (χ3n) is 1.51. The molecule has 0 spiro atoms. The number of nitrogens with zero attached hydrogens (tertiary/aromatic N) is 1. The van der Waals surface area contributed by atoms with Crippen LogP contribution in [0.3, 0.4) is 0 Å². The second kappa shape index (κ2) is 4.49. The molecule has 72 valence electrons. The lowest BCUT2D eigenvalue weighted by Crippen LogP contribution is -2.23. The Balaban J connectivity index is 2.85. The van der Waals surface area contributed by atoms with Crippen LogP contribution in [0.2, 0.25) is 5.02 Å². The lowest BCUT2D eigenvalue weighted by Gasteiger charge is -2.02. The highest BCUT2D eigenvalue weighted by Gasteiger charge is 2.05. The van der Waals surface area contributed by atoms with Crippen LogP contribution in [0, 0.1) is 11.3 Å². The van der Waals surface area contributed by atoms with Gasteiger partial charge in [-0.15, -0.1) is 0 Å². The number of carbonyl (C=O) groups is 1. The highest BCUT2D eigenvalue weighted by molar-refractivity contribution is 6.31. The fourth-order valence-electron chi connectivity index (χ4n) is 0.965. The highest BCUT2D eigenvalue weighted by atomic mass is 35.5. The molecule has 0 radical (unpaired) electrons. The Labute approximate surface area is 86.3 Å². The molecule has 1 aromatic rings. The maximum Gasteiger partial charge on any atom is 0.252 e. The van der Waals surface area contributed by atoms with Crippen LogP contribution in [0.25, 0.3) is 0 Å². The van der Waals surface area contributed by atoms with Crippen molar-refractivity contribution in [3.63, 3.8) is 0 Å². The number of hydrogen-bond acceptors (Lipinski definition) is 3. The number of nitrogen functional groups attached to an aromatic ring is 1. The zero-order chi connectivity index (χ0) is 10.6. The summed E-state index contributed by atoms with van der Waals surface area (Å²) in [5.41, 5.74) is 6.26. The minimum atomic E-state index is -0.360. The van der Waals surface area contributed by atoms with E-state index in [0.29, 0.717) is 16.3 Å². The summed E-state index contributed by atoms with van der Waals surface area (Å²) < 4.78 is 0. The van der Waals surface area contributed by atoms with E-state index in [9.17, 15) is 4.79 Å². The average molecular weight is 210 g/mol. The van der Waals surface area contributed by atoms with Crippen LogP contribution in [-0.2, 0) is 0 Å². The van der Waals surface area contributed by atoms with E-state index in [2.05, 4.69) is 5.32 Å². The molecule has 0 heterocycles. The van der Waals surface area contributed by atoms with Gasteiger partial charge in [-0.05, 0) is 18.2 Å². The van der Waals surface area contributed by atoms with Gasteiger partial charge >= 0.3 is 0 Å². The fraction of sp³-hybridized carbons (Fsp3) is 0.111. The summed E-state index contributed by atoms with van der Waals surface area (Å²) in [6.07, 6.45) is 0. The summed E-state index contributed by atoms with van der Waals surface area (Å²) in [5.74, 6) is -0.360. The normalized spacial score (nSPS) is 9.14. The molecule has 0 aliphatic heterocycles.